The van der Waals surface area contributed by atoms with Gasteiger partial charge in [-0.25, -0.2) is 17.6 Å². The fraction of sp³-hybridized carbons (Fsp3) is 0.263. The van der Waals surface area contributed by atoms with Crippen molar-refractivity contribution < 1.29 is 27.4 Å². The van der Waals surface area contributed by atoms with E-state index in [0.29, 0.717) is 4.48 Å². The molecule has 0 amide bonds. The number of aliphatic hydroxyl groups excluding tert-OH is 1. The minimum atomic E-state index is -0.758. The van der Waals surface area contributed by atoms with Crippen LogP contribution < -0.4 is 4.90 Å². The first kappa shape index (κ1) is 20.5. The molecular weight excluding hydrogens is 444 g/mol. The lowest BCUT2D eigenvalue weighted by Gasteiger charge is -2.44. The van der Waals surface area contributed by atoms with Crippen molar-refractivity contribution in [1.29, 1.82) is 0 Å². The van der Waals surface area contributed by atoms with Gasteiger partial charge in [-0.1, -0.05) is 6.07 Å². The number of rotatable bonds is 5. The predicted octanol–water partition coefficient (Wildman–Crippen LogP) is 4.44. The summed E-state index contributed by atoms with van der Waals surface area (Å²) in [6.45, 7) is 0.984. The molecule has 0 spiro atoms. The van der Waals surface area contributed by atoms with Crippen LogP contribution in [0.4, 0.5) is 23.2 Å². The number of hydrogen-bond acceptors (Lipinski definition) is 4. The molecule has 1 N–H and O–H groups in total. The summed E-state index contributed by atoms with van der Waals surface area (Å²) in [5, 5.41) is 9.79. The number of benzene rings is 2. The van der Waals surface area contributed by atoms with E-state index >= 15 is 0 Å². The number of anilines is 1. The third-order valence-corrected chi connectivity index (χ3v) is 5.05. The molecule has 1 aliphatic rings. The number of para-hydroxylation sites is 1. The molecule has 28 heavy (non-hydrogen) atoms. The van der Waals surface area contributed by atoms with Gasteiger partial charge in [0.05, 0.1) is 11.0 Å². The highest BCUT2D eigenvalue weighted by Crippen LogP contribution is 2.34. The molecule has 0 saturated carbocycles. The van der Waals surface area contributed by atoms with E-state index in [1.54, 1.807) is 6.92 Å². The van der Waals surface area contributed by atoms with Gasteiger partial charge in [0.15, 0.2) is 0 Å². The second kappa shape index (κ2) is 8.40. The Morgan fingerprint density at radius 2 is 1.79 bits per heavy atom. The SMILES string of the molecule is CC1N(CO)C(OCc2ccc(F)cc2F)=C(Br)CN1c1c(F)cccc1F. The molecule has 0 radical (unpaired) electrons. The minimum Gasteiger partial charge on any atom is -0.473 e. The molecule has 1 aliphatic heterocycles. The standard InChI is InChI=1S/C19H17BrF4N2O2/c1-11-25(18-15(22)3-2-4-16(18)23)8-14(20)19(26(11)10-27)28-9-12-5-6-13(21)7-17(12)24/h2-7,11,27H,8-10H2,1H3. The van der Waals surface area contributed by atoms with Gasteiger partial charge in [-0.3, -0.25) is 4.90 Å². The first-order valence-electron chi connectivity index (χ1n) is 8.37. The van der Waals surface area contributed by atoms with Crippen LogP contribution in [0.25, 0.3) is 0 Å². The number of ether oxygens (including phenoxy) is 1. The Balaban J connectivity index is 1.88. The van der Waals surface area contributed by atoms with E-state index in [4.69, 9.17) is 4.74 Å². The topological polar surface area (TPSA) is 35.9 Å². The van der Waals surface area contributed by atoms with Crippen LogP contribution in [0.2, 0.25) is 0 Å². The molecule has 9 heteroatoms. The van der Waals surface area contributed by atoms with Crippen molar-refractivity contribution in [2.24, 2.45) is 0 Å². The highest BCUT2D eigenvalue weighted by Gasteiger charge is 2.34. The number of hydrogen-bond donors (Lipinski definition) is 1. The van der Waals surface area contributed by atoms with Crippen LogP contribution in [0.5, 0.6) is 0 Å². The molecule has 4 nitrogen and oxygen atoms in total. The van der Waals surface area contributed by atoms with Crippen molar-refractivity contribution in [3.63, 3.8) is 0 Å². The Hall–Kier alpha value is -2.26. The van der Waals surface area contributed by atoms with Gasteiger partial charge < -0.3 is 14.7 Å². The third-order valence-electron chi connectivity index (χ3n) is 4.46. The van der Waals surface area contributed by atoms with Crippen LogP contribution in [0, 0.1) is 23.3 Å². The van der Waals surface area contributed by atoms with E-state index < -0.39 is 36.2 Å². The summed E-state index contributed by atoms with van der Waals surface area (Å²) in [7, 11) is 0. The zero-order chi connectivity index (χ0) is 20.4. The molecule has 0 aliphatic carbocycles. The normalized spacial score (nSPS) is 17.3. The third kappa shape index (κ3) is 3.95. The molecular formula is C19H17BrF4N2O2. The molecule has 1 atom stereocenters. The van der Waals surface area contributed by atoms with Crippen LogP contribution in [0.3, 0.4) is 0 Å². The number of aliphatic hydroxyl groups is 1. The number of nitrogens with zero attached hydrogens (tertiary/aromatic N) is 2. The highest BCUT2D eigenvalue weighted by molar-refractivity contribution is 9.11. The maximum Gasteiger partial charge on any atom is 0.205 e. The highest BCUT2D eigenvalue weighted by atomic mass is 79.9. The van der Waals surface area contributed by atoms with Gasteiger partial charge in [0.2, 0.25) is 5.88 Å². The van der Waals surface area contributed by atoms with E-state index in [0.717, 1.165) is 24.3 Å². The Labute approximate surface area is 167 Å². The lowest BCUT2D eigenvalue weighted by atomic mass is 10.2. The lowest BCUT2D eigenvalue weighted by molar-refractivity contribution is 0.0131. The Kier molecular flexibility index (Phi) is 6.14. The second-order valence-corrected chi connectivity index (χ2v) is 7.13. The second-order valence-electron chi connectivity index (χ2n) is 6.18. The summed E-state index contributed by atoms with van der Waals surface area (Å²) in [6, 6.07) is 6.68. The van der Waals surface area contributed by atoms with Gasteiger partial charge in [0, 0.05) is 11.6 Å². The summed E-state index contributed by atoms with van der Waals surface area (Å²) in [5.74, 6) is -2.73. The minimum absolute atomic E-state index is 0.0662. The van der Waals surface area contributed by atoms with Gasteiger partial charge in [0.25, 0.3) is 0 Å². The van der Waals surface area contributed by atoms with Gasteiger partial charge in [-0.2, -0.15) is 0 Å². The van der Waals surface area contributed by atoms with Gasteiger partial charge in [0.1, 0.15) is 48.5 Å². The first-order valence-corrected chi connectivity index (χ1v) is 9.16. The van der Waals surface area contributed by atoms with Crippen molar-refractivity contribution in [2.75, 3.05) is 18.2 Å². The summed E-state index contributed by atoms with van der Waals surface area (Å²) in [4.78, 5) is 2.79. The zero-order valence-corrected chi connectivity index (χ0v) is 16.4. The van der Waals surface area contributed by atoms with Crippen molar-refractivity contribution in [2.45, 2.75) is 19.7 Å². The average molecular weight is 461 g/mol. The number of halogens is 5. The Bertz CT molecular complexity index is 889. The van der Waals surface area contributed by atoms with E-state index in [2.05, 4.69) is 15.9 Å². The molecule has 0 fully saturated rings. The molecule has 2 aromatic carbocycles. The van der Waals surface area contributed by atoms with E-state index in [9.17, 15) is 22.7 Å². The quantitative estimate of drug-likeness (QED) is 0.669. The van der Waals surface area contributed by atoms with Crippen LogP contribution in [-0.4, -0.2) is 29.4 Å². The van der Waals surface area contributed by atoms with Crippen molar-refractivity contribution in [1.82, 2.24) is 4.90 Å². The Morgan fingerprint density at radius 1 is 1.11 bits per heavy atom. The molecule has 0 saturated heterocycles. The monoisotopic (exact) mass is 460 g/mol. The van der Waals surface area contributed by atoms with Gasteiger partial charge in [-0.15, -0.1) is 0 Å². The molecule has 0 bridgehead atoms. The molecule has 150 valence electrons. The van der Waals surface area contributed by atoms with E-state index in [1.165, 1.54) is 21.9 Å². The smallest absolute Gasteiger partial charge is 0.205 e. The fourth-order valence-corrected chi connectivity index (χ4v) is 3.61. The molecule has 3 rings (SSSR count). The van der Waals surface area contributed by atoms with Gasteiger partial charge in [-0.05, 0) is 47.1 Å². The van der Waals surface area contributed by atoms with Gasteiger partial charge >= 0.3 is 0 Å². The summed E-state index contributed by atoms with van der Waals surface area (Å²) in [6.07, 6.45) is -0.661. The summed E-state index contributed by atoms with van der Waals surface area (Å²) in [5.41, 5.74) is -0.101. The lowest BCUT2D eigenvalue weighted by Crippen LogP contribution is -2.52. The van der Waals surface area contributed by atoms with E-state index in [1.807, 2.05) is 0 Å². The maximum absolute atomic E-state index is 14.2. The van der Waals surface area contributed by atoms with Crippen LogP contribution in [0.1, 0.15) is 12.5 Å². The van der Waals surface area contributed by atoms with Crippen molar-refractivity contribution in [3.05, 3.63) is 75.6 Å². The zero-order valence-electron chi connectivity index (χ0n) is 14.8. The first-order chi connectivity index (χ1) is 13.3. The molecule has 0 aromatic heterocycles. The summed E-state index contributed by atoms with van der Waals surface area (Å²) < 4.78 is 61.3. The molecule has 1 unspecified atom stereocenters. The average Bonchev–Trinajstić information content (AvgIpc) is 2.64. The largest absolute Gasteiger partial charge is 0.473 e. The molecule has 1 heterocycles. The predicted molar refractivity (Wildman–Crippen MR) is 99.2 cm³/mol. The van der Waals surface area contributed by atoms with Crippen LogP contribution >= 0.6 is 15.9 Å². The van der Waals surface area contributed by atoms with Crippen molar-refractivity contribution in [3.8, 4) is 0 Å². The van der Waals surface area contributed by atoms with Crippen LogP contribution in [0.15, 0.2) is 46.8 Å². The molecule has 2 aromatic rings. The van der Waals surface area contributed by atoms with Crippen LogP contribution in [-0.2, 0) is 11.3 Å². The van der Waals surface area contributed by atoms with Crippen molar-refractivity contribution >= 4 is 21.6 Å². The Morgan fingerprint density at radius 3 is 2.39 bits per heavy atom. The maximum atomic E-state index is 14.2. The van der Waals surface area contributed by atoms with E-state index in [-0.39, 0.29) is 30.3 Å². The fourth-order valence-electron chi connectivity index (χ4n) is 3.00. The summed E-state index contributed by atoms with van der Waals surface area (Å²) >= 11 is 3.32.